The average molecular weight is 566 g/mol. The number of Topliss-reactive ketones (excluding diaryl/α,β-unsaturated/α-hetero) is 1. The number of carbonyl (C=O) groups excluding carboxylic acids is 2. The topological polar surface area (TPSA) is 103 Å². The molecule has 2 aromatic rings. The van der Waals surface area contributed by atoms with Gasteiger partial charge in [0.2, 0.25) is 0 Å². The molecule has 0 amide bonds. The van der Waals surface area contributed by atoms with Crippen LogP contribution >= 0.6 is 0 Å². The molecular formula is C33H44FN3O4. The van der Waals surface area contributed by atoms with Crippen molar-refractivity contribution in [3.63, 3.8) is 0 Å². The second-order valence-corrected chi connectivity index (χ2v) is 12.4. The second kappa shape index (κ2) is 13.0. The molecule has 7 nitrogen and oxygen atoms in total. The van der Waals surface area contributed by atoms with E-state index in [4.69, 9.17) is 10.5 Å². The summed E-state index contributed by atoms with van der Waals surface area (Å²) in [6.07, 6.45) is 5.51. The fourth-order valence-electron chi connectivity index (χ4n) is 4.88. The summed E-state index contributed by atoms with van der Waals surface area (Å²) in [5.41, 5.74) is 6.51. The third-order valence-corrected chi connectivity index (χ3v) is 7.29. The first-order valence-corrected chi connectivity index (χ1v) is 14.3. The number of nitrogens with zero attached hydrogens (tertiary/aromatic N) is 1. The van der Waals surface area contributed by atoms with Gasteiger partial charge in [0.25, 0.3) is 5.56 Å². The van der Waals surface area contributed by atoms with Crippen molar-refractivity contribution in [2.24, 2.45) is 11.3 Å². The second-order valence-electron chi connectivity index (χ2n) is 12.4. The molecule has 1 heterocycles. The number of hydrogen-bond acceptors (Lipinski definition) is 6. The van der Waals surface area contributed by atoms with Crippen LogP contribution in [-0.2, 0) is 16.0 Å². The van der Waals surface area contributed by atoms with Crippen LogP contribution in [-0.4, -0.2) is 34.5 Å². The number of benzene rings is 1. The summed E-state index contributed by atoms with van der Waals surface area (Å²) >= 11 is 0. The molecule has 1 unspecified atom stereocenters. The van der Waals surface area contributed by atoms with E-state index in [2.05, 4.69) is 19.2 Å². The van der Waals surface area contributed by atoms with E-state index in [1.807, 2.05) is 45.9 Å². The molecule has 1 aliphatic rings. The SMILES string of the molecule is CCC1=CCC(C)(C(=O)c2ccc(=O)n(-c3ccc(CCN[C@@H](CC(C)C)C(=O)OC(C)(C)C)cc3)c2N)C(F)=C1. The summed E-state index contributed by atoms with van der Waals surface area (Å²) < 4.78 is 21.9. The van der Waals surface area contributed by atoms with Crippen molar-refractivity contribution in [1.29, 1.82) is 0 Å². The number of allylic oxidation sites excluding steroid dienone is 4. The molecule has 0 saturated carbocycles. The number of anilines is 1. The minimum atomic E-state index is -1.38. The number of rotatable bonds is 11. The minimum absolute atomic E-state index is 0.0231. The highest BCUT2D eigenvalue weighted by Crippen LogP contribution is 2.41. The van der Waals surface area contributed by atoms with Gasteiger partial charge >= 0.3 is 5.97 Å². The third-order valence-electron chi connectivity index (χ3n) is 7.29. The monoisotopic (exact) mass is 565 g/mol. The number of pyridine rings is 1. The van der Waals surface area contributed by atoms with Crippen molar-refractivity contribution in [1.82, 2.24) is 9.88 Å². The number of carbonyl (C=O) groups is 2. The van der Waals surface area contributed by atoms with Crippen LogP contribution in [0.3, 0.4) is 0 Å². The number of hydrogen-bond donors (Lipinski definition) is 2. The lowest BCUT2D eigenvalue weighted by atomic mass is 9.74. The van der Waals surface area contributed by atoms with E-state index in [0.29, 0.717) is 37.4 Å². The predicted octanol–water partition coefficient (Wildman–Crippen LogP) is 6.09. The Bertz CT molecular complexity index is 1380. The van der Waals surface area contributed by atoms with Crippen LogP contribution < -0.4 is 16.6 Å². The van der Waals surface area contributed by atoms with Gasteiger partial charge in [-0.2, -0.15) is 0 Å². The summed E-state index contributed by atoms with van der Waals surface area (Å²) in [6.45, 7) is 13.8. The predicted molar refractivity (Wildman–Crippen MR) is 162 cm³/mol. The minimum Gasteiger partial charge on any atom is -0.459 e. The van der Waals surface area contributed by atoms with Crippen molar-refractivity contribution >= 4 is 17.6 Å². The van der Waals surface area contributed by atoms with Gasteiger partial charge in [-0.3, -0.25) is 19.0 Å². The molecular weight excluding hydrogens is 521 g/mol. The molecule has 0 spiro atoms. The van der Waals surface area contributed by atoms with Crippen LogP contribution in [0.25, 0.3) is 5.69 Å². The number of nitrogens with one attached hydrogen (secondary N) is 1. The Balaban J connectivity index is 1.76. The van der Waals surface area contributed by atoms with E-state index in [9.17, 15) is 14.4 Å². The average Bonchev–Trinajstić information content (AvgIpc) is 2.89. The van der Waals surface area contributed by atoms with Crippen LogP contribution in [0.4, 0.5) is 10.2 Å². The third kappa shape index (κ3) is 7.82. The Morgan fingerprint density at radius 3 is 2.37 bits per heavy atom. The van der Waals surface area contributed by atoms with E-state index in [-0.39, 0.29) is 29.3 Å². The number of halogens is 1. The number of aromatic nitrogens is 1. The number of nitrogens with two attached hydrogens (primary N) is 1. The van der Waals surface area contributed by atoms with E-state index >= 15 is 4.39 Å². The maximum atomic E-state index is 15.1. The standard InChI is InChI=1S/C33H44FN3O4/c1-8-22-15-17-33(7,27(34)20-22)29(39)25-13-14-28(38)37(30(25)35)24-11-9-23(10-12-24)16-18-36-26(19-21(2)3)31(40)41-32(4,5)6/h9-15,20-21,26,36H,8,16-19,35H2,1-7H3/t26-,33?/m0/s1. The molecule has 222 valence electrons. The van der Waals surface area contributed by atoms with Crippen LogP contribution in [0, 0.1) is 11.3 Å². The largest absolute Gasteiger partial charge is 0.459 e. The van der Waals surface area contributed by atoms with Crippen LogP contribution in [0.5, 0.6) is 0 Å². The first-order chi connectivity index (χ1) is 19.2. The van der Waals surface area contributed by atoms with Crippen LogP contribution in [0.15, 0.2) is 64.7 Å². The zero-order valence-electron chi connectivity index (χ0n) is 25.3. The molecule has 1 aliphatic carbocycles. The Kier molecular flexibility index (Phi) is 10.1. The maximum Gasteiger partial charge on any atom is 0.323 e. The smallest absolute Gasteiger partial charge is 0.323 e. The van der Waals surface area contributed by atoms with Gasteiger partial charge in [0.1, 0.15) is 23.3 Å². The Morgan fingerprint density at radius 2 is 1.80 bits per heavy atom. The van der Waals surface area contributed by atoms with Gasteiger partial charge in [-0.25, -0.2) is 4.39 Å². The van der Waals surface area contributed by atoms with Crippen molar-refractivity contribution in [2.45, 2.75) is 85.8 Å². The normalized spacial score (nSPS) is 18.1. The first-order valence-electron chi connectivity index (χ1n) is 14.3. The number of esters is 1. The summed E-state index contributed by atoms with van der Waals surface area (Å²) in [6, 6.07) is 9.55. The molecule has 1 aromatic heterocycles. The van der Waals surface area contributed by atoms with Gasteiger partial charge in [0.05, 0.1) is 16.7 Å². The lowest BCUT2D eigenvalue weighted by Gasteiger charge is -2.29. The Labute approximate surface area is 242 Å². The van der Waals surface area contributed by atoms with Crippen LogP contribution in [0.2, 0.25) is 0 Å². The lowest BCUT2D eigenvalue weighted by Crippen LogP contribution is -2.42. The number of ketones is 1. The van der Waals surface area contributed by atoms with Gasteiger partial charge in [-0.1, -0.05) is 39.0 Å². The molecule has 0 saturated heterocycles. The van der Waals surface area contributed by atoms with E-state index in [1.54, 1.807) is 19.1 Å². The summed E-state index contributed by atoms with van der Waals surface area (Å²) in [5.74, 6) is -0.925. The molecule has 1 aromatic carbocycles. The Morgan fingerprint density at radius 1 is 1.15 bits per heavy atom. The highest BCUT2D eigenvalue weighted by Gasteiger charge is 2.40. The van der Waals surface area contributed by atoms with Crippen molar-refractivity contribution < 1.29 is 18.7 Å². The van der Waals surface area contributed by atoms with Crippen molar-refractivity contribution in [2.75, 3.05) is 12.3 Å². The van der Waals surface area contributed by atoms with Gasteiger partial charge in [0.15, 0.2) is 5.78 Å². The van der Waals surface area contributed by atoms with Crippen molar-refractivity contribution in [3.8, 4) is 5.69 Å². The molecule has 8 heteroatoms. The molecule has 0 aliphatic heterocycles. The molecule has 2 atom stereocenters. The van der Waals surface area contributed by atoms with E-state index in [0.717, 1.165) is 11.1 Å². The molecule has 0 radical (unpaired) electrons. The molecule has 41 heavy (non-hydrogen) atoms. The van der Waals surface area contributed by atoms with Crippen molar-refractivity contribution in [3.05, 3.63) is 81.4 Å². The summed E-state index contributed by atoms with van der Waals surface area (Å²) in [5, 5.41) is 3.32. The lowest BCUT2D eigenvalue weighted by molar-refractivity contribution is -0.157. The molecule has 0 fully saturated rings. The first kappa shape index (κ1) is 32.0. The van der Waals surface area contributed by atoms with Gasteiger partial charge in [-0.15, -0.1) is 0 Å². The number of nitrogen functional groups attached to an aromatic ring is 1. The van der Waals surface area contributed by atoms with Crippen LogP contribution in [0.1, 0.15) is 83.7 Å². The summed E-state index contributed by atoms with van der Waals surface area (Å²) in [4.78, 5) is 39.0. The van der Waals surface area contributed by atoms with E-state index < -0.39 is 28.7 Å². The van der Waals surface area contributed by atoms with Gasteiger partial charge in [-0.05, 0) is 101 Å². The fourth-order valence-corrected chi connectivity index (χ4v) is 4.88. The maximum absolute atomic E-state index is 15.1. The van der Waals surface area contributed by atoms with Gasteiger partial charge in [0, 0.05) is 6.07 Å². The fraction of sp³-hybridized carbons (Fsp3) is 0.485. The number of ether oxygens (including phenoxy) is 1. The highest BCUT2D eigenvalue weighted by atomic mass is 19.1. The van der Waals surface area contributed by atoms with E-state index in [1.165, 1.54) is 22.8 Å². The molecule has 3 N–H and O–H groups in total. The zero-order chi connectivity index (χ0) is 30.5. The molecule has 0 bridgehead atoms. The molecule has 3 rings (SSSR count). The summed E-state index contributed by atoms with van der Waals surface area (Å²) in [7, 11) is 0. The highest BCUT2D eigenvalue weighted by molar-refractivity contribution is 6.05. The van der Waals surface area contributed by atoms with Gasteiger partial charge < -0.3 is 15.8 Å². The quantitative estimate of drug-likeness (QED) is 0.252. The Hall–Kier alpha value is -3.52. The zero-order valence-corrected chi connectivity index (χ0v) is 25.3.